The number of rotatable bonds is 2. The molecule has 0 N–H and O–H groups in total. The molecular weight excluding hydrogens is 250 g/mol. The Kier molecular flexibility index (Phi) is 2.90. The Bertz CT molecular complexity index is 724. The van der Waals surface area contributed by atoms with Crippen molar-refractivity contribution in [2.75, 3.05) is 0 Å². The minimum Gasteiger partial charge on any atom is -0.364 e. The summed E-state index contributed by atoms with van der Waals surface area (Å²) >= 11 is 0. The normalized spacial score (nSPS) is 20.4. The average molecular weight is 265 g/mol. The van der Waals surface area contributed by atoms with E-state index in [1.54, 1.807) is 0 Å². The number of aromatic nitrogens is 1. The lowest BCUT2D eigenvalue weighted by Gasteiger charge is -2.08. The van der Waals surface area contributed by atoms with Crippen molar-refractivity contribution in [2.45, 2.75) is 25.3 Å². The Hall–Kier alpha value is -2.41. The van der Waals surface area contributed by atoms with Crippen LogP contribution in [-0.2, 0) is 7.05 Å². The van der Waals surface area contributed by atoms with Crippen LogP contribution in [0.3, 0.4) is 0 Å². The quantitative estimate of drug-likeness (QED) is 0.579. The van der Waals surface area contributed by atoms with E-state index >= 15 is 0 Å². The van der Waals surface area contributed by atoms with Gasteiger partial charge in [0.25, 0.3) is 0 Å². The molecule has 0 fully saturated rings. The Balaban J connectivity index is 2.10. The van der Waals surface area contributed by atoms with E-state index in [-0.39, 0.29) is 6.04 Å². The maximum absolute atomic E-state index is 10.9. The average Bonchev–Trinajstić information content (AvgIpc) is 2.99. The summed E-state index contributed by atoms with van der Waals surface area (Å²) in [4.78, 5) is 14.4. The second kappa shape index (κ2) is 4.61. The van der Waals surface area contributed by atoms with Crippen molar-refractivity contribution in [1.82, 2.24) is 4.57 Å². The first kappa shape index (κ1) is 12.6. The number of nitrogens with zero attached hydrogens (tertiary/aromatic N) is 3. The number of nitroso groups, excluding NO2 is 1. The van der Waals surface area contributed by atoms with E-state index in [9.17, 15) is 4.91 Å². The standard InChI is InChI=1S/C16H15N3O/c1-10-8-14(18-20)12-5-4-11(9-13(10)12)15-6-7-16(17-2)19(15)3/h4-7,9-10,14H,8H2,1,3H3. The van der Waals surface area contributed by atoms with Gasteiger partial charge in [-0.3, -0.25) is 4.57 Å². The molecule has 1 aromatic carbocycles. The summed E-state index contributed by atoms with van der Waals surface area (Å²) in [5, 5.41) is 3.22. The highest BCUT2D eigenvalue weighted by molar-refractivity contribution is 5.67. The van der Waals surface area contributed by atoms with Crippen molar-refractivity contribution in [3.8, 4) is 11.3 Å². The summed E-state index contributed by atoms with van der Waals surface area (Å²) in [6.07, 6.45) is 0.794. The smallest absolute Gasteiger partial charge is 0.230 e. The van der Waals surface area contributed by atoms with Gasteiger partial charge in [0.2, 0.25) is 5.82 Å². The molecule has 1 heterocycles. The predicted molar refractivity (Wildman–Crippen MR) is 78.7 cm³/mol. The molecule has 100 valence electrons. The molecule has 3 rings (SSSR count). The molecule has 1 aliphatic rings. The number of hydrogen-bond donors (Lipinski definition) is 0. The van der Waals surface area contributed by atoms with Crippen LogP contribution in [-0.4, -0.2) is 4.57 Å². The predicted octanol–water partition coefficient (Wildman–Crippen LogP) is 4.56. The van der Waals surface area contributed by atoms with Gasteiger partial charge in [-0.15, -0.1) is 0 Å². The van der Waals surface area contributed by atoms with Crippen LogP contribution in [0, 0.1) is 11.5 Å². The molecule has 0 aliphatic heterocycles. The monoisotopic (exact) mass is 265 g/mol. The van der Waals surface area contributed by atoms with Crippen LogP contribution < -0.4 is 0 Å². The summed E-state index contributed by atoms with van der Waals surface area (Å²) in [6, 6.07) is 9.73. The first-order valence-corrected chi connectivity index (χ1v) is 6.65. The molecule has 2 unspecified atom stereocenters. The first-order chi connectivity index (χ1) is 9.65. The van der Waals surface area contributed by atoms with E-state index in [2.05, 4.69) is 23.0 Å². The van der Waals surface area contributed by atoms with Crippen molar-refractivity contribution < 1.29 is 0 Å². The van der Waals surface area contributed by atoms with E-state index in [0.717, 1.165) is 23.2 Å². The number of benzene rings is 1. The van der Waals surface area contributed by atoms with E-state index in [1.807, 2.05) is 35.9 Å². The molecule has 1 aliphatic carbocycles. The number of hydrogen-bond acceptors (Lipinski definition) is 2. The molecule has 0 bridgehead atoms. The van der Waals surface area contributed by atoms with Crippen LogP contribution in [0.2, 0.25) is 0 Å². The van der Waals surface area contributed by atoms with E-state index in [0.29, 0.717) is 11.7 Å². The van der Waals surface area contributed by atoms with Gasteiger partial charge in [0.05, 0.1) is 7.05 Å². The molecule has 0 radical (unpaired) electrons. The van der Waals surface area contributed by atoms with Gasteiger partial charge in [0.15, 0.2) is 0 Å². The molecular formula is C16H15N3O. The van der Waals surface area contributed by atoms with Crippen LogP contribution in [0.4, 0.5) is 5.82 Å². The third-order valence-corrected chi connectivity index (χ3v) is 4.19. The second-order valence-electron chi connectivity index (χ2n) is 5.35. The molecule has 2 aromatic rings. The fourth-order valence-corrected chi connectivity index (χ4v) is 3.06. The van der Waals surface area contributed by atoms with Gasteiger partial charge in [-0.1, -0.05) is 30.8 Å². The van der Waals surface area contributed by atoms with Crippen molar-refractivity contribution >= 4 is 5.82 Å². The lowest BCUT2D eigenvalue weighted by molar-refractivity contribution is 0.638. The first-order valence-electron chi connectivity index (χ1n) is 6.65. The Morgan fingerprint density at radius 1 is 1.30 bits per heavy atom. The summed E-state index contributed by atoms with van der Waals surface area (Å²) in [5.41, 5.74) is 4.36. The molecule has 20 heavy (non-hydrogen) atoms. The van der Waals surface area contributed by atoms with Crippen LogP contribution in [0.15, 0.2) is 35.5 Å². The molecule has 2 atom stereocenters. The molecule has 0 amide bonds. The summed E-state index contributed by atoms with van der Waals surface area (Å²) < 4.78 is 1.89. The zero-order valence-corrected chi connectivity index (χ0v) is 11.5. The van der Waals surface area contributed by atoms with Crippen LogP contribution in [0.5, 0.6) is 0 Å². The van der Waals surface area contributed by atoms with Gasteiger partial charge in [-0.2, -0.15) is 4.91 Å². The lowest BCUT2D eigenvalue weighted by atomic mass is 9.99. The van der Waals surface area contributed by atoms with Gasteiger partial charge in [0, 0.05) is 5.56 Å². The van der Waals surface area contributed by atoms with Gasteiger partial charge < -0.3 is 4.85 Å². The fraction of sp³-hybridized carbons (Fsp3) is 0.312. The zero-order valence-electron chi connectivity index (χ0n) is 11.5. The highest BCUT2D eigenvalue weighted by atomic mass is 16.3. The third-order valence-electron chi connectivity index (χ3n) is 4.19. The minimum absolute atomic E-state index is 0.207. The zero-order chi connectivity index (χ0) is 14.3. The second-order valence-corrected chi connectivity index (χ2v) is 5.35. The summed E-state index contributed by atoms with van der Waals surface area (Å²) in [6.45, 7) is 9.25. The van der Waals surface area contributed by atoms with E-state index < -0.39 is 0 Å². The van der Waals surface area contributed by atoms with Crippen LogP contribution in [0.1, 0.15) is 36.4 Å². The maximum Gasteiger partial charge on any atom is 0.230 e. The number of fused-ring (bicyclic) bond motifs is 1. The third kappa shape index (κ3) is 1.75. The molecule has 0 spiro atoms. The van der Waals surface area contributed by atoms with Crippen molar-refractivity contribution in [2.24, 2.45) is 12.2 Å². The van der Waals surface area contributed by atoms with Gasteiger partial charge >= 0.3 is 0 Å². The molecule has 4 heteroatoms. The molecule has 1 aromatic heterocycles. The fourth-order valence-electron chi connectivity index (χ4n) is 3.06. The molecule has 0 saturated heterocycles. The minimum atomic E-state index is -0.207. The van der Waals surface area contributed by atoms with Gasteiger partial charge in [-0.25, -0.2) is 0 Å². The Labute approximate surface area is 117 Å². The lowest BCUT2D eigenvalue weighted by Crippen LogP contribution is -1.93. The summed E-state index contributed by atoms with van der Waals surface area (Å²) in [7, 11) is 1.90. The highest BCUT2D eigenvalue weighted by Gasteiger charge is 2.29. The van der Waals surface area contributed by atoms with Crippen molar-refractivity contribution in [1.29, 1.82) is 0 Å². The topological polar surface area (TPSA) is 38.7 Å². The highest BCUT2D eigenvalue weighted by Crippen LogP contribution is 2.43. The van der Waals surface area contributed by atoms with E-state index in [1.165, 1.54) is 5.56 Å². The Morgan fingerprint density at radius 2 is 2.10 bits per heavy atom. The van der Waals surface area contributed by atoms with Crippen molar-refractivity contribution in [3.63, 3.8) is 0 Å². The van der Waals surface area contributed by atoms with Gasteiger partial charge in [-0.05, 0) is 41.7 Å². The van der Waals surface area contributed by atoms with Crippen LogP contribution >= 0.6 is 0 Å². The van der Waals surface area contributed by atoms with Crippen molar-refractivity contribution in [3.05, 3.63) is 57.8 Å². The maximum atomic E-state index is 10.9. The van der Waals surface area contributed by atoms with Gasteiger partial charge in [0.1, 0.15) is 11.7 Å². The SMILES string of the molecule is [C-]#[N+]c1ccc(-c2ccc3c(c2)C(C)CC3N=O)n1C. The molecule has 4 nitrogen and oxygen atoms in total. The molecule has 0 saturated carbocycles. The van der Waals surface area contributed by atoms with Crippen LogP contribution in [0.25, 0.3) is 16.1 Å². The Morgan fingerprint density at radius 3 is 2.75 bits per heavy atom. The largest absolute Gasteiger partial charge is 0.364 e. The summed E-state index contributed by atoms with van der Waals surface area (Å²) in [5.74, 6) is 0.981. The van der Waals surface area contributed by atoms with E-state index in [4.69, 9.17) is 6.57 Å².